The van der Waals surface area contributed by atoms with E-state index < -0.39 is 6.04 Å². The maximum Gasteiger partial charge on any atom is 0.266 e. The van der Waals surface area contributed by atoms with Crippen LogP contribution in [0, 0.1) is 0 Å². The van der Waals surface area contributed by atoms with Crippen LogP contribution in [0.3, 0.4) is 0 Å². The van der Waals surface area contributed by atoms with E-state index in [1.165, 1.54) is 0 Å². The van der Waals surface area contributed by atoms with Crippen LogP contribution < -0.4 is 5.56 Å². The number of amides is 1. The molecule has 1 unspecified atom stereocenters. The number of halogens is 2. The van der Waals surface area contributed by atoms with E-state index in [-0.39, 0.29) is 11.5 Å². The van der Waals surface area contributed by atoms with Crippen LogP contribution in [0.5, 0.6) is 0 Å². The van der Waals surface area contributed by atoms with E-state index in [1.807, 2.05) is 13.0 Å². The van der Waals surface area contributed by atoms with E-state index in [0.29, 0.717) is 57.6 Å². The molecule has 0 saturated carbocycles. The minimum atomic E-state index is -0.536. The molecular formula is C27H25Cl2N3O3. The van der Waals surface area contributed by atoms with Gasteiger partial charge in [-0.25, -0.2) is 4.98 Å². The molecule has 1 heterocycles. The average molecular weight is 510 g/mol. The Kier molecular flexibility index (Phi) is 7.86. The molecule has 0 bridgehead atoms. The third-order valence-corrected chi connectivity index (χ3v) is 6.29. The molecule has 0 radical (unpaired) electrons. The SMILES string of the molecule is COCCCN(C(=O)c1cccc(Cl)c1)C(C)c1nc2ccccc2c(=O)n1-c1ccc(Cl)cc1. The molecule has 8 heteroatoms. The van der Waals surface area contributed by atoms with Crippen molar-refractivity contribution in [3.8, 4) is 5.69 Å². The van der Waals surface area contributed by atoms with Crippen LogP contribution in [0.15, 0.2) is 77.6 Å². The Morgan fingerprint density at radius 3 is 2.49 bits per heavy atom. The lowest BCUT2D eigenvalue weighted by Gasteiger charge is -2.31. The van der Waals surface area contributed by atoms with Crippen molar-refractivity contribution < 1.29 is 9.53 Å². The molecule has 0 spiro atoms. The lowest BCUT2D eigenvalue weighted by Crippen LogP contribution is -2.38. The van der Waals surface area contributed by atoms with Gasteiger partial charge in [-0.3, -0.25) is 14.2 Å². The zero-order chi connectivity index (χ0) is 24.9. The van der Waals surface area contributed by atoms with Gasteiger partial charge in [0.25, 0.3) is 11.5 Å². The number of methoxy groups -OCH3 is 1. The first-order valence-corrected chi connectivity index (χ1v) is 12.0. The highest BCUT2D eigenvalue weighted by molar-refractivity contribution is 6.31. The summed E-state index contributed by atoms with van der Waals surface area (Å²) in [5, 5.41) is 1.52. The minimum Gasteiger partial charge on any atom is -0.385 e. The first-order chi connectivity index (χ1) is 16.9. The first-order valence-electron chi connectivity index (χ1n) is 11.2. The molecule has 0 aliphatic rings. The molecule has 0 aliphatic carbocycles. The number of rotatable bonds is 8. The van der Waals surface area contributed by atoms with Gasteiger partial charge in [0.05, 0.1) is 22.6 Å². The molecule has 0 N–H and O–H groups in total. The highest BCUT2D eigenvalue weighted by Gasteiger charge is 2.27. The molecule has 4 aromatic rings. The van der Waals surface area contributed by atoms with Gasteiger partial charge in [0.15, 0.2) is 0 Å². The Hall–Kier alpha value is -3.19. The van der Waals surface area contributed by atoms with E-state index in [1.54, 1.807) is 83.3 Å². The van der Waals surface area contributed by atoms with E-state index in [0.717, 1.165) is 0 Å². The summed E-state index contributed by atoms with van der Waals surface area (Å²) in [4.78, 5) is 33.9. The number of benzene rings is 3. The quantitative estimate of drug-likeness (QED) is 0.276. The second kappa shape index (κ2) is 11.0. The van der Waals surface area contributed by atoms with Crippen LogP contribution in [-0.2, 0) is 4.74 Å². The van der Waals surface area contributed by atoms with Gasteiger partial charge in [-0.2, -0.15) is 0 Å². The van der Waals surface area contributed by atoms with Crippen LogP contribution in [0.4, 0.5) is 0 Å². The number of carbonyl (C=O) groups is 1. The maximum absolute atomic E-state index is 13.7. The van der Waals surface area contributed by atoms with Gasteiger partial charge in [0.1, 0.15) is 5.82 Å². The maximum atomic E-state index is 13.7. The highest BCUT2D eigenvalue weighted by Crippen LogP contribution is 2.26. The largest absolute Gasteiger partial charge is 0.385 e. The van der Waals surface area contributed by atoms with E-state index in [2.05, 4.69) is 0 Å². The smallest absolute Gasteiger partial charge is 0.266 e. The Morgan fingerprint density at radius 2 is 1.77 bits per heavy atom. The zero-order valence-electron chi connectivity index (χ0n) is 19.4. The monoisotopic (exact) mass is 509 g/mol. The van der Waals surface area contributed by atoms with Crippen LogP contribution in [0.25, 0.3) is 16.6 Å². The standard InChI is InChI=1S/C27H25Cl2N3O3/c1-18(31(15-6-16-35-2)26(33)19-7-5-8-21(29)17-19)25-30-24-10-4-3-9-23(24)27(34)32(25)22-13-11-20(28)12-14-22/h3-5,7-14,17-18H,6,15-16H2,1-2H3. The predicted octanol–water partition coefficient (Wildman–Crippen LogP) is 5.93. The third-order valence-electron chi connectivity index (χ3n) is 5.81. The summed E-state index contributed by atoms with van der Waals surface area (Å²) in [6.07, 6.45) is 0.617. The summed E-state index contributed by atoms with van der Waals surface area (Å²) in [6.45, 7) is 2.77. The molecule has 6 nitrogen and oxygen atoms in total. The fourth-order valence-corrected chi connectivity index (χ4v) is 4.36. The first kappa shape index (κ1) is 24.9. The Balaban J connectivity index is 1.88. The third kappa shape index (κ3) is 5.40. The summed E-state index contributed by atoms with van der Waals surface area (Å²) in [5.41, 5.74) is 1.43. The predicted molar refractivity (Wildman–Crippen MR) is 140 cm³/mol. The number of para-hydroxylation sites is 1. The highest BCUT2D eigenvalue weighted by atomic mass is 35.5. The second-order valence-electron chi connectivity index (χ2n) is 8.14. The van der Waals surface area contributed by atoms with Gasteiger partial charge in [-0.1, -0.05) is 41.4 Å². The van der Waals surface area contributed by atoms with Crippen molar-refractivity contribution in [2.24, 2.45) is 0 Å². The average Bonchev–Trinajstić information content (AvgIpc) is 2.87. The molecular weight excluding hydrogens is 485 g/mol. The van der Waals surface area contributed by atoms with E-state index >= 15 is 0 Å². The molecule has 4 rings (SSSR count). The van der Waals surface area contributed by atoms with E-state index in [9.17, 15) is 9.59 Å². The Morgan fingerprint density at radius 1 is 1.03 bits per heavy atom. The summed E-state index contributed by atoms with van der Waals surface area (Å²) >= 11 is 12.3. The number of ether oxygens (including phenoxy) is 1. The summed E-state index contributed by atoms with van der Waals surface area (Å²) in [6, 6.07) is 20.5. The van der Waals surface area contributed by atoms with Gasteiger partial charge in [-0.05, 0) is 67.9 Å². The molecule has 3 aromatic carbocycles. The van der Waals surface area contributed by atoms with Crippen LogP contribution in [0.1, 0.15) is 35.6 Å². The molecule has 0 saturated heterocycles. The summed E-state index contributed by atoms with van der Waals surface area (Å²) in [5.74, 6) is 0.241. The van der Waals surface area contributed by atoms with Gasteiger partial charge in [-0.15, -0.1) is 0 Å². The van der Waals surface area contributed by atoms with Crippen molar-refractivity contribution in [2.75, 3.05) is 20.3 Å². The number of carbonyl (C=O) groups excluding carboxylic acids is 1. The van der Waals surface area contributed by atoms with Crippen LogP contribution >= 0.6 is 23.2 Å². The second-order valence-corrected chi connectivity index (χ2v) is 9.01. The number of hydrogen-bond donors (Lipinski definition) is 0. The van der Waals surface area contributed by atoms with Crippen molar-refractivity contribution in [1.29, 1.82) is 0 Å². The topological polar surface area (TPSA) is 64.4 Å². The fourth-order valence-electron chi connectivity index (χ4n) is 4.05. The van der Waals surface area contributed by atoms with Crippen molar-refractivity contribution in [3.63, 3.8) is 0 Å². The van der Waals surface area contributed by atoms with E-state index in [4.69, 9.17) is 32.9 Å². The van der Waals surface area contributed by atoms with Crippen molar-refractivity contribution >= 4 is 40.0 Å². The van der Waals surface area contributed by atoms with Gasteiger partial charge in [0, 0.05) is 35.9 Å². The molecule has 0 aliphatic heterocycles. The molecule has 0 fully saturated rings. The van der Waals surface area contributed by atoms with Crippen molar-refractivity contribution in [3.05, 3.63) is 105 Å². The van der Waals surface area contributed by atoms with Crippen LogP contribution in [-0.4, -0.2) is 40.6 Å². The number of fused-ring (bicyclic) bond motifs is 1. The van der Waals surface area contributed by atoms with Gasteiger partial charge in [0.2, 0.25) is 0 Å². The Bertz CT molecular complexity index is 1400. The van der Waals surface area contributed by atoms with Crippen molar-refractivity contribution in [2.45, 2.75) is 19.4 Å². The molecule has 1 aromatic heterocycles. The van der Waals surface area contributed by atoms with Crippen molar-refractivity contribution in [1.82, 2.24) is 14.5 Å². The van der Waals surface area contributed by atoms with Crippen LogP contribution in [0.2, 0.25) is 10.0 Å². The fraction of sp³-hybridized carbons (Fsp3) is 0.222. The molecule has 180 valence electrons. The summed E-state index contributed by atoms with van der Waals surface area (Å²) < 4.78 is 6.77. The summed E-state index contributed by atoms with van der Waals surface area (Å²) in [7, 11) is 1.62. The zero-order valence-corrected chi connectivity index (χ0v) is 21.0. The van der Waals surface area contributed by atoms with Gasteiger partial charge >= 0.3 is 0 Å². The molecule has 35 heavy (non-hydrogen) atoms. The Labute approximate surface area is 213 Å². The number of hydrogen-bond acceptors (Lipinski definition) is 4. The number of nitrogens with zero attached hydrogens (tertiary/aromatic N) is 3. The molecule has 1 amide bonds. The lowest BCUT2D eigenvalue weighted by atomic mass is 10.1. The normalized spacial score (nSPS) is 12.0. The minimum absolute atomic E-state index is 0.207. The molecule has 1 atom stereocenters. The lowest BCUT2D eigenvalue weighted by molar-refractivity contribution is 0.0657. The number of aromatic nitrogens is 2. The van der Waals surface area contributed by atoms with Gasteiger partial charge < -0.3 is 9.64 Å².